The summed E-state index contributed by atoms with van der Waals surface area (Å²) in [6.07, 6.45) is 14.7. The first kappa shape index (κ1) is 17.4. The van der Waals surface area contributed by atoms with Gasteiger partial charge in [0.15, 0.2) is 0 Å². The minimum Gasteiger partial charge on any atom is -0.354 e. The van der Waals surface area contributed by atoms with Crippen LogP contribution >= 0.6 is 0 Å². The summed E-state index contributed by atoms with van der Waals surface area (Å²) in [5.41, 5.74) is 3.41. The van der Waals surface area contributed by atoms with Gasteiger partial charge in [-0.2, -0.15) is 5.26 Å². The molecule has 0 spiro atoms. The lowest BCUT2D eigenvalue weighted by Gasteiger charge is -2.28. The number of nitriles is 1. The maximum Gasteiger partial charge on any atom is 0.138 e. The van der Waals surface area contributed by atoms with Crippen LogP contribution in [0.15, 0.2) is 18.3 Å². The second-order valence-corrected chi connectivity index (χ2v) is 8.26. The summed E-state index contributed by atoms with van der Waals surface area (Å²) in [5, 5.41) is 13.5. The van der Waals surface area contributed by atoms with E-state index in [4.69, 9.17) is 4.98 Å². The van der Waals surface area contributed by atoms with Crippen molar-refractivity contribution in [3.63, 3.8) is 0 Å². The number of aryl methyl sites for hydroxylation is 1. The Morgan fingerprint density at radius 2 is 1.77 bits per heavy atom. The van der Waals surface area contributed by atoms with E-state index < -0.39 is 0 Å². The number of imidazole rings is 1. The number of nitrogens with zero attached hydrogens (tertiary/aromatic N) is 3. The van der Waals surface area contributed by atoms with E-state index in [9.17, 15) is 5.26 Å². The Bertz CT molecular complexity index is 788. The molecule has 2 aliphatic rings. The van der Waals surface area contributed by atoms with Crippen molar-refractivity contribution in [2.45, 2.75) is 83.1 Å². The Kier molecular flexibility index (Phi) is 5.15. The van der Waals surface area contributed by atoms with Gasteiger partial charge in [-0.25, -0.2) is 4.98 Å². The lowest BCUT2D eigenvalue weighted by Crippen LogP contribution is -2.30. The first-order valence-electron chi connectivity index (χ1n) is 10.4. The van der Waals surface area contributed by atoms with Crippen LogP contribution < -0.4 is 5.32 Å². The quantitative estimate of drug-likeness (QED) is 0.783. The van der Waals surface area contributed by atoms with Crippen LogP contribution in [0.1, 0.15) is 81.4 Å². The van der Waals surface area contributed by atoms with E-state index in [-0.39, 0.29) is 6.04 Å². The van der Waals surface area contributed by atoms with Gasteiger partial charge in [0.2, 0.25) is 0 Å². The van der Waals surface area contributed by atoms with E-state index in [1.807, 2.05) is 0 Å². The third-order valence-corrected chi connectivity index (χ3v) is 6.34. The fraction of sp³-hybridized carbons (Fsp3) is 0.636. The molecule has 2 aromatic rings. The number of hydrogen-bond acceptors (Lipinski definition) is 3. The lowest BCUT2D eigenvalue weighted by atomic mass is 9.84. The van der Waals surface area contributed by atoms with E-state index in [0.717, 1.165) is 11.5 Å². The molecule has 138 valence electrons. The van der Waals surface area contributed by atoms with Crippen LogP contribution in [0.2, 0.25) is 0 Å². The Hall–Kier alpha value is -2.02. The number of nitrogens with one attached hydrogen (secondary N) is 1. The van der Waals surface area contributed by atoms with Gasteiger partial charge in [-0.3, -0.25) is 4.40 Å². The van der Waals surface area contributed by atoms with E-state index in [2.05, 4.69) is 41.0 Å². The normalized spacial score (nSPS) is 20.8. The molecule has 1 atom stereocenters. The summed E-state index contributed by atoms with van der Waals surface area (Å²) in [5.74, 6) is 2.06. The van der Waals surface area contributed by atoms with Crippen molar-refractivity contribution in [1.82, 2.24) is 9.38 Å². The van der Waals surface area contributed by atoms with Gasteiger partial charge in [-0.15, -0.1) is 0 Å². The highest BCUT2D eigenvalue weighted by atomic mass is 15.1. The molecule has 0 aromatic carbocycles. The van der Waals surface area contributed by atoms with Crippen LogP contribution in [0.4, 0.5) is 5.82 Å². The average molecular weight is 351 g/mol. The fourth-order valence-electron chi connectivity index (χ4n) is 4.84. The molecule has 2 aromatic heterocycles. The van der Waals surface area contributed by atoms with Gasteiger partial charge in [-0.1, -0.05) is 44.6 Å². The number of rotatable bonds is 4. The molecular weight excluding hydrogens is 320 g/mol. The minimum atomic E-state index is -0.113. The van der Waals surface area contributed by atoms with Gasteiger partial charge < -0.3 is 5.32 Å². The molecule has 2 saturated carbocycles. The Balaban J connectivity index is 1.70. The highest BCUT2D eigenvalue weighted by Crippen LogP contribution is 2.37. The molecule has 2 aliphatic carbocycles. The number of hydrogen-bond donors (Lipinski definition) is 1. The van der Waals surface area contributed by atoms with Gasteiger partial charge in [0.05, 0.1) is 11.8 Å². The summed E-state index contributed by atoms with van der Waals surface area (Å²) >= 11 is 0. The predicted octanol–water partition coefficient (Wildman–Crippen LogP) is 5.57. The highest BCUT2D eigenvalue weighted by Gasteiger charge is 2.28. The van der Waals surface area contributed by atoms with Crippen LogP contribution in [0, 0.1) is 24.2 Å². The molecule has 1 unspecified atom stereocenters. The number of anilines is 1. The average Bonchev–Trinajstić information content (AvgIpc) is 3.05. The molecule has 0 amide bonds. The van der Waals surface area contributed by atoms with E-state index in [0.29, 0.717) is 11.8 Å². The number of aromatic nitrogens is 2. The largest absolute Gasteiger partial charge is 0.354 e. The first-order valence-corrected chi connectivity index (χ1v) is 10.4. The van der Waals surface area contributed by atoms with Crippen molar-refractivity contribution in [1.29, 1.82) is 5.26 Å². The first-order chi connectivity index (χ1) is 12.8. The third kappa shape index (κ3) is 3.45. The lowest BCUT2D eigenvalue weighted by molar-refractivity contribution is 0.345. The SMILES string of the molecule is Cc1ccc2nc(C3CCCCC3)c(NC(C#N)C3CCCCC3)n2c1. The molecule has 0 bridgehead atoms. The summed E-state index contributed by atoms with van der Waals surface area (Å²) in [7, 11) is 0. The molecule has 0 aliphatic heterocycles. The van der Waals surface area contributed by atoms with Crippen molar-refractivity contribution in [3.05, 3.63) is 29.6 Å². The van der Waals surface area contributed by atoms with Crippen LogP contribution in [0.5, 0.6) is 0 Å². The molecule has 4 nitrogen and oxygen atoms in total. The summed E-state index contributed by atoms with van der Waals surface area (Å²) in [4.78, 5) is 5.00. The van der Waals surface area contributed by atoms with Crippen LogP contribution in [0.3, 0.4) is 0 Å². The van der Waals surface area contributed by atoms with Crippen LogP contribution in [-0.4, -0.2) is 15.4 Å². The van der Waals surface area contributed by atoms with Crippen molar-refractivity contribution in [3.8, 4) is 6.07 Å². The zero-order valence-corrected chi connectivity index (χ0v) is 15.9. The monoisotopic (exact) mass is 350 g/mol. The molecule has 4 heteroatoms. The Labute approximate surface area is 156 Å². The summed E-state index contributed by atoms with van der Waals surface area (Å²) in [6.45, 7) is 2.12. The molecule has 1 N–H and O–H groups in total. The Morgan fingerprint density at radius 3 is 2.46 bits per heavy atom. The van der Waals surface area contributed by atoms with Crippen molar-refractivity contribution < 1.29 is 0 Å². The molecule has 2 fully saturated rings. The van der Waals surface area contributed by atoms with Crippen molar-refractivity contribution >= 4 is 11.5 Å². The molecule has 26 heavy (non-hydrogen) atoms. The Morgan fingerprint density at radius 1 is 1.08 bits per heavy atom. The van der Waals surface area contributed by atoms with Crippen LogP contribution in [0.25, 0.3) is 5.65 Å². The molecule has 0 radical (unpaired) electrons. The highest BCUT2D eigenvalue weighted by molar-refractivity contribution is 5.58. The van der Waals surface area contributed by atoms with Gasteiger partial charge in [0.25, 0.3) is 0 Å². The summed E-state index contributed by atoms with van der Waals surface area (Å²) in [6, 6.07) is 6.69. The zero-order chi connectivity index (χ0) is 17.9. The van der Waals surface area contributed by atoms with E-state index >= 15 is 0 Å². The molecule has 0 saturated heterocycles. The minimum absolute atomic E-state index is 0.113. The second-order valence-electron chi connectivity index (χ2n) is 8.26. The standard InChI is InChI=1S/C22H30N4/c1-16-12-13-20-25-21(18-10-6-3-7-11-18)22(26(20)15-16)24-19(14-23)17-8-4-2-5-9-17/h12-13,15,17-19,24H,2-11H2,1H3. The van der Waals surface area contributed by atoms with Gasteiger partial charge >= 0.3 is 0 Å². The smallest absolute Gasteiger partial charge is 0.138 e. The fourth-order valence-corrected chi connectivity index (χ4v) is 4.84. The van der Waals surface area contributed by atoms with Gasteiger partial charge in [-0.05, 0) is 50.2 Å². The van der Waals surface area contributed by atoms with E-state index in [1.165, 1.54) is 75.5 Å². The molecule has 4 rings (SSSR count). The topological polar surface area (TPSA) is 53.1 Å². The van der Waals surface area contributed by atoms with E-state index in [1.54, 1.807) is 0 Å². The second kappa shape index (κ2) is 7.70. The maximum atomic E-state index is 9.86. The number of fused-ring (bicyclic) bond motifs is 1. The zero-order valence-electron chi connectivity index (χ0n) is 15.9. The van der Waals surface area contributed by atoms with Crippen molar-refractivity contribution in [2.75, 3.05) is 5.32 Å². The maximum absolute atomic E-state index is 9.86. The third-order valence-electron chi connectivity index (χ3n) is 6.34. The molecule has 2 heterocycles. The van der Waals surface area contributed by atoms with Crippen LogP contribution in [-0.2, 0) is 0 Å². The summed E-state index contributed by atoms with van der Waals surface area (Å²) < 4.78 is 2.19. The molecular formula is C22H30N4. The van der Waals surface area contributed by atoms with Crippen molar-refractivity contribution in [2.24, 2.45) is 5.92 Å². The van der Waals surface area contributed by atoms with Gasteiger partial charge in [0, 0.05) is 12.1 Å². The number of pyridine rings is 1. The van der Waals surface area contributed by atoms with Gasteiger partial charge in [0.1, 0.15) is 17.5 Å². The predicted molar refractivity (Wildman–Crippen MR) is 105 cm³/mol.